The highest BCUT2D eigenvalue weighted by Gasteiger charge is 2.43. The fraction of sp³-hybridized carbons (Fsp3) is 0.333. The standard InChI is InChI=1S/C30H33N7O7/c31-27(32)19-6-4-18(5-7-19)16-33-24-15-23(34-37(24)28(39)20-2-1-3-21(14-20)29(40)41)22-8-9-36(26(22)30(42)43)17-25(38)35-10-12-44-13-11-35/h1-7,14-15,22,26,33H,8-13,16-17H2,(H3,31,32)(H,40,41)(H,42,43). The third-order valence-corrected chi connectivity index (χ3v) is 7.85. The molecule has 0 aliphatic carbocycles. The Morgan fingerprint density at radius 2 is 1.68 bits per heavy atom. The maximum atomic E-state index is 13.6. The summed E-state index contributed by atoms with van der Waals surface area (Å²) in [5, 5.41) is 34.9. The van der Waals surface area contributed by atoms with E-state index in [1.807, 2.05) is 0 Å². The zero-order valence-corrected chi connectivity index (χ0v) is 23.8. The number of aromatic nitrogens is 2. The minimum Gasteiger partial charge on any atom is -0.480 e. The number of nitrogens with two attached hydrogens (primary N) is 1. The Labute approximate surface area is 252 Å². The fourth-order valence-electron chi connectivity index (χ4n) is 5.52. The van der Waals surface area contributed by atoms with Crippen LogP contribution in [0.25, 0.3) is 0 Å². The maximum absolute atomic E-state index is 13.6. The van der Waals surface area contributed by atoms with Crippen LogP contribution in [0.3, 0.4) is 0 Å². The van der Waals surface area contributed by atoms with Crippen LogP contribution >= 0.6 is 0 Å². The number of nitrogens with zero attached hydrogens (tertiary/aromatic N) is 4. The second-order valence-corrected chi connectivity index (χ2v) is 10.7. The molecule has 0 bridgehead atoms. The third-order valence-electron chi connectivity index (χ3n) is 7.85. The molecule has 2 aromatic carbocycles. The van der Waals surface area contributed by atoms with Crippen molar-refractivity contribution >= 4 is 35.4 Å². The van der Waals surface area contributed by atoms with Crippen LogP contribution in [0.5, 0.6) is 0 Å². The molecule has 14 nitrogen and oxygen atoms in total. The molecule has 2 aliphatic heterocycles. The minimum absolute atomic E-state index is 0.0591. The first-order chi connectivity index (χ1) is 21.1. The number of carbonyl (C=O) groups excluding carboxylic acids is 2. The van der Waals surface area contributed by atoms with Crippen molar-refractivity contribution in [2.75, 3.05) is 44.7 Å². The molecule has 2 aliphatic rings. The molecule has 3 heterocycles. The highest BCUT2D eigenvalue weighted by molar-refractivity contribution is 5.99. The second-order valence-electron chi connectivity index (χ2n) is 10.7. The van der Waals surface area contributed by atoms with E-state index in [9.17, 15) is 29.4 Å². The van der Waals surface area contributed by atoms with Crippen LogP contribution < -0.4 is 11.1 Å². The zero-order valence-electron chi connectivity index (χ0n) is 23.8. The fourth-order valence-corrected chi connectivity index (χ4v) is 5.52. The van der Waals surface area contributed by atoms with Crippen LogP contribution in [0.1, 0.15) is 49.9 Å². The molecule has 0 saturated carbocycles. The zero-order chi connectivity index (χ0) is 31.4. The Morgan fingerprint density at radius 1 is 0.977 bits per heavy atom. The Kier molecular flexibility index (Phi) is 9.01. The number of carboxylic acids is 2. The minimum atomic E-state index is -1.19. The van der Waals surface area contributed by atoms with Gasteiger partial charge in [-0.3, -0.25) is 24.7 Å². The molecular weight excluding hydrogens is 570 g/mol. The van der Waals surface area contributed by atoms with Gasteiger partial charge >= 0.3 is 11.9 Å². The van der Waals surface area contributed by atoms with Crippen LogP contribution in [0.4, 0.5) is 5.82 Å². The number of carboxylic acid groups (broad SMARTS) is 2. The molecule has 6 N–H and O–H groups in total. The van der Waals surface area contributed by atoms with Crippen molar-refractivity contribution in [3.8, 4) is 0 Å². The molecule has 14 heteroatoms. The lowest BCUT2D eigenvalue weighted by Crippen LogP contribution is -2.48. The van der Waals surface area contributed by atoms with Gasteiger partial charge in [0, 0.05) is 49.3 Å². The lowest BCUT2D eigenvalue weighted by atomic mass is 9.96. The van der Waals surface area contributed by atoms with Crippen LogP contribution in [-0.4, -0.2) is 105 Å². The van der Waals surface area contributed by atoms with Gasteiger partial charge in [-0.25, -0.2) is 4.79 Å². The Balaban J connectivity index is 1.43. The summed E-state index contributed by atoms with van der Waals surface area (Å²) in [5.74, 6) is -3.44. The molecule has 5 rings (SSSR count). The van der Waals surface area contributed by atoms with E-state index in [1.165, 1.54) is 24.3 Å². The van der Waals surface area contributed by atoms with E-state index in [1.54, 1.807) is 40.1 Å². The van der Waals surface area contributed by atoms with Crippen molar-refractivity contribution in [1.82, 2.24) is 19.6 Å². The predicted octanol–water partition coefficient (Wildman–Crippen LogP) is 1.27. The molecule has 2 unspecified atom stereocenters. The summed E-state index contributed by atoms with van der Waals surface area (Å²) < 4.78 is 6.42. The van der Waals surface area contributed by atoms with Gasteiger partial charge in [-0.05, 0) is 30.2 Å². The molecule has 3 aromatic rings. The molecule has 230 valence electrons. The number of nitrogens with one attached hydrogen (secondary N) is 2. The van der Waals surface area contributed by atoms with E-state index in [2.05, 4.69) is 10.4 Å². The van der Waals surface area contributed by atoms with Crippen molar-refractivity contribution in [3.05, 3.63) is 82.5 Å². The first kappa shape index (κ1) is 30.4. The molecule has 2 fully saturated rings. The molecule has 2 saturated heterocycles. The molecule has 44 heavy (non-hydrogen) atoms. The molecule has 0 radical (unpaired) electrons. The number of amides is 1. The van der Waals surface area contributed by atoms with Crippen LogP contribution in [0.15, 0.2) is 54.6 Å². The SMILES string of the molecule is N=C(N)c1ccc(CNc2cc(C3CCN(CC(=O)N4CCOCC4)C3C(=O)O)nn2C(=O)c2cccc(C(=O)O)c2)cc1. The summed E-state index contributed by atoms with van der Waals surface area (Å²) in [6.45, 7) is 2.34. The van der Waals surface area contributed by atoms with Gasteiger partial charge in [0.1, 0.15) is 17.7 Å². The monoisotopic (exact) mass is 603 g/mol. The smallest absolute Gasteiger partial charge is 0.335 e. The van der Waals surface area contributed by atoms with Gasteiger partial charge in [0.05, 0.1) is 31.0 Å². The summed E-state index contributed by atoms with van der Waals surface area (Å²) in [4.78, 5) is 53.9. The Hall–Kier alpha value is -5.08. The average Bonchev–Trinajstić information content (AvgIpc) is 3.64. The average molecular weight is 604 g/mol. The summed E-state index contributed by atoms with van der Waals surface area (Å²) in [6, 6.07) is 13.1. The predicted molar refractivity (Wildman–Crippen MR) is 158 cm³/mol. The van der Waals surface area contributed by atoms with Crippen molar-refractivity contribution in [3.63, 3.8) is 0 Å². The first-order valence-corrected chi connectivity index (χ1v) is 14.1. The number of aliphatic carboxylic acids is 1. The largest absolute Gasteiger partial charge is 0.480 e. The van der Waals surface area contributed by atoms with Gasteiger partial charge in [-0.2, -0.15) is 9.78 Å². The third kappa shape index (κ3) is 6.61. The van der Waals surface area contributed by atoms with Crippen molar-refractivity contribution < 1.29 is 34.1 Å². The summed E-state index contributed by atoms with van der Waals surface area (Å²) in [6.07, 6.45) is 0.402. The molecular formula is C30H33N7O7. The number of amidine groups is 1. The van der Waals surface area contributed by atoms with Crippen molar-refractivity contribution in [2.45, 2.75) is 24.9 Å². The number of morpholine rings is 1. The Bertz CT molecular complexity index is 1580. The van der Waals surface area contributed by atoms with E-state index in [4.69, 9.17) is 15.9 Å². The van der Waals surface area contributed by atoms with Gasteiger partial charge in [-0.1, -0.05) is 30.3 Å². The molecule has 1 amide bonds. The van der Waals surface area contributed by atoms with E-state index in [0.717, 1.165) is 10.2 Å². The van der Waals surface area contributed by atoms with Gasteiger partial charge in [0.25, 0.3) is 5.91 Å². The molecule has 1 aromatic heterocycles. The van der Waals surface area contributed by atoms with E-state index in [-0.39, 0.29) is 41.8 Å². The lowest BCUT2D eigenvalue weighted by Gasteiger charge is -2.30. The Morgan fingerprint density at radius 3 is 2.34 bits per heavy atom. The number of aromatic carboxylic acids is 1. The van der Waals surface area contributed by atoms with Crippen LogP contribution in [-0.2, 0) is 20.9 Å². The summed E-state index contributed by atoms with van der Waals surface area (Å²) in [7, 11) is 0. The van der Waals surface area contributed by atoms with Crippen molar-refractivity contribution in [2.24, 2.45) is 5.73 Å². The number of nitrogen functional groups attached to an aromatic ring is 1. The number of likely N-dealkylation sites (tertiary alicyclic amines) is 1. The number of carbonyl (C=O) groups is 4. The topological polar surface area (TPSA) is 204 Å². The summed E-state index contributed by atoms with van der Waals surface area (Å²) in [5.41, 5.74) is 7.31. The van der Waals surface area contributed by atoms with Crippen molar-refractivity contribution in [1.29, 1.82) is 5.41 Å². The normalized spacial score (nSPS) is 18.6. The van der Waals surface area contributed by atoms with E-state index < -0.39 is 29.8 Å². The number of hydrogen-bond acceptors (Lipinski definition) is 9. The number of benzene rings is 2. The van der Waals surface area contributed by atoms with Gasteiger partial charge < -0.3 is 30.9 Å². The molecule has 0 spiro atoms. The number of anilines is 1. The van der Waals surface area contributed by atoms with Gasteiger partial charge in [0.15, 0.2) is 0 Å². The van der Waals surface area contributed by atoms with Crippen LogP contribution in [0.2, 0.25) is 0 Å². The first-order valence-electron chi connectivity index (χ1n) is 14.1. The van der Waals surface area contributed by atoms with E-state index in [0.29, 0.717) is 50.5 Å². The quantitative estimate of drug-likeness (QED) is 0.165. The lowest BCUT2D eigenvalue weighted by molar-refractivity contribution is -0.144. The number of ether oxygens (including phenoxy) is 1. The second kappa shape index (κ2) is 13.1. The highest BCUT2D eigenvalue weighted by Crippen LogP contribution is 2.34. The number of hydrogen-bond donors (Lipinski definition) is 5. The van der Waals surface area contributed by atoms with E-state index >= 15 is 0 Å². The maximum Gasteiger partial charge on any atom is 0.335 e. The van der Waals surface area contributed by atoms with Crippen LogP contribution in [0, 0.1) is 5.41 Å². The summed E-state index contributed by atoms with van der Waals surface area (Å²) >= 11 is 0. The van der Waals surface area contributed by atoms with Gasteiger partial charge in [0.2, 0.25) is 5.91 Å². The number of rotatable bonds is 10. The molecule has 2 atom stereocenters. The highest BCUT2D eigenvalue weighted by atomic mass is 16.5. The van der Waals surface area contributed by atoms with Gasteiger partial charge in [-0.15, -0.1) is 0 Å².